The molecule has 0 aromatic carbocycles. The van der Waals surface area contributed by atoms with Crippen molar-refractivity contribution < 1.29 is 13.9 Å². The Bertz CT molecular complexity index is 367. The number of carbonyl (C=O) groups is 1. The van der Waals surface area contributed by atoms with Crippen LogP contribution in [0.25, 0.3) is 0 Å². The molecular formula is C13H23ClN2O3. The standard InChI is InChI=1S/C13H22N2O3.ClH/c1-10(2)8-17-5-3-4-15-13(16)11-6-12(7-14)18-9-11;/h6,9-10H,3-5,7-8,14H2,1-2H3,(H,15,16);1H. The Labute approximate surface area is 120 Å². The van der Waals surface area contributed by atoms with Gasteiger partial charge < -0.3 is 20.2 Å². The van der Waals surface area contributed by atoms with E-state index in [0.717, 1.165) is 13.0 Å². The minimum Gasteiger partial charge on any atom is -0.467 e. The van der Waals surface area contributed by atoms with E-state index in [9.17, 15) is 4.79 Å². The first-order valence-electron chi connectivity index (χ1n) is 6.27. The van der Waals surface area contributed by atoms with Crippen LogP contribution in [0.5, 0.6) is 0 Å². The van der Waals surface area contributed by atoms with Crippen LogP contribution in [0.15, 0.2) is 16.7 Å². The van der Waals surface area contributed by atoms with Gasteiger partial charge in [0.15, 0.2) is 0 Å². The summed E-state index contributed by atoms with van der Waals surface area (Å²) in [5.41, 5.74) is 5.91. The van der Waals surface area contributed by atoms with Crippen molar-refractivity contribution >= 4 is 18.3 Å². The first-order valence-corrected chi connectivity index (χ1v) is 6.27. The van der Waals surface area contributed by atoms with Crippen molar-refractivity contribution in [3.05, 3.63) is 23.7 Å². The Morgan fingerprint density at radius 3 is 2.84 bits per heavy atom. The van der Waals surface area contributed by atoms with Crippen LogP contribution >= 0.6 is 12.4 Å². The molecule has 0 atom stereocenters. The summed E-state index contributed by atoms with van der Waals surface area (Å²) in [4.78, 5) is 11.7. The van der Waals surface area contributed by atoms with Gasteiger partial charge in [-0.15, -0.1) is 12.4 Å². The molecule has 1 amide bonds. The van der Waals surface area contributed by atoms with E-state index in [1.807, 2.05) is 0 Å². The van der Waals surface area contributed by atoms with Crippen LogP contribution in [0.1, 0.15) is 36.4 Å². The first-order chi connectivity index (χ1) is 8.63. The number of hydrogen-bond acceptors (Lipinski definition) is 4. The van der Waals surface area contributed by atoms with E-state index >= 15 is 0 Å². The number of furan rings is 1. The number of carbonyl (C=O) groups excluding carboxylic acids is 1. The monoisotopic (exact) mass is 290 g/mol. The topological polar surface area (TPSA) is 77.5 Å². The Morgan fingerprint density at radius 2 is 2.26 bits per heavy atom. The quantitative estimate of drug-likeness (QED) is 0.718. The molecule has 0 saturated heterocycles. The fraction of sp³-hybridized carbons (Fsp3) is 0.615. The number of ether oxygens (including phenoxy) is 1. The highest BCUT2D eigenvalue weighted by Gasteiger charge is 2.08. The van der Waals surface area contributed by atoms with Crippen LogP contribution in [-0.4, -0.2) is 25.7 Å². The smallest absolute Gasteiger partial charge is 0.254 e. The van der Waals surface area contributed by atoms with E-state index in [0.29, 0.717) is 36.9 Å². The van der Waals surface area contributed by atoms with Gasteiger partial charge in [0, 0.05) is 19.8 Å². The summed E-state index contributed by atoms with van der Waals surface area (Å²) in [6.07, 6.45) is 2.23. The van der Waals surface area contributed by atoms with Crippen molar-refractivity contribution in [3.8, 4) is 0 Å². The maximum absolute atomic E-state index is 11.7. The van der Waals surface area contributed by atoms with Crippen molar-refractivity contribution in [2.75, 3.05) is 19.8 Å². The summed E-state index contributed by atoms with van der Waals surface area (Å²) in [5.74, 6) is 1.02. The third-order valence-electron chi connectivity index (χ3n) is 2.32. The largest absolute Gasteiger partial charge is 0.467 e. The van der Waals surface area contributed by atoms with Crippen LogP contribution in [0.4, 0.5) is 0 Å². The van der Waals surface area contributed by atoms with Gasteiger partial charge in [0.05, 0.1) is 12.1 Å². The molecule has 3 N–H and O–H groups in total. The van der Waals surface area contributed by atoms with E-state index in [4.69, 9.17) is 14.9 Å². The summed E-state index contributed by atoms with van der Waals surface area (Å²) in [5, 5.41) is 2.80. The molecule has 1 rings (SSSR count). The second-order valence-electron chi connectivity index (χ2n) is 4.58. The van der Waals surface area contributed by atoms with Crippen LogP contribution in [0.2, 0.25) is 0 Å². The summed E-state index contributed by atoms with van der Waals surface area (Å²) in [6.45, 7) is 6.54. The molecule has 5 nitrogen and oxygen atoms in total. The van der Waals surface area contributed by atoms with Crippen LogP contribution in [0.3, 0.4) is 0 Å². The molecule has 0 unspecified atom stereocenters. The zero-order valence-electron chi connectivity index (χ0n) is 11.5. The molecule has 0 fully saturated rings. The van der Waals surface area contributed by atoms with Gasteiger partial charge in [-0.25, -0.2) is 0 Å². The third-order valence-corrected chi connectivity index (χ3v) is 2.32. The minimum absolute atomic E-state index is 0. The van der Waals surface area contributed by atoms with Crippen molar-refractivity contribution in [3.63, 3.8) is 0 Å². The lowest BCUT2D eigenvalue weighted by atomic mass is 10.2. The van der Waals surface area contributed by atoms with Gasteiger partial charge in [-0.3, -0.25) is 4.79 Å². The number of amides is 1. The Balaban J connectivity index is 0.00000324. The highest BCUT2D eigenvalue weighted by Crippen LogP contribution is 2.06. The summed E-state index contributed by atoms with van der Waals surface area (Å²) in [6, 6.07) is 1.66. The van der Waals surface area contributed by atoms with Crippen LogP contribution < -0.4 is 11.1 Å². The summed E-state index contributed by atoms with van der Waals surface area (Å²) in [7, 11) is 0. The average molecular weight is 291 g/mol. The summed E-state index contributed by atoms with van der Waals surface area (Å²) < 4.78 is 10.5. The molecule has 6 heteroatoms. The lowest BCUT2D eigenvalue weighted by Gasteiger charge is -2.07. The van der Waals surface area contributed by atoms with E-state index in [-0.39, 0.29) is 18.3 Å². The molecule has 110 valence electrons. The van der Waals surface area contributed by atoms with Gasteiger partial charge in [-0.1, -0.05) is 13.8 Å². The normalized spacial score (nSPS) is 10.3. The third kappa shape index (κ3) is 7.20. The lowest BCUT2D eigenvalue weighted by Crippen LogP contribution is -2.25. The lowest BCUT2D eigenvalue weighted by molar-refractivity contribution is 0.0924. The van der Waals surface area contributed by atoms with Crippen LogP contribution in [-0.2, 0) is 11.3 Å². The maximum Gasteiger partial charge on any atom is 0.254 e. The van der Waals surface area contributed by atoms with Crippen LogP contribution in [0, 0.1) is 5.92 Å². The molecule has 0 saturated carbocycles. The number of halogens is 1. The average Bonchev–Trinajstić information content (AvgIpc) is 2.81. The number of nitrogens with two attached hydrogens (primary N) is 1. The van der Waals surface area contributed by atoms with Gasteiger partial charge >= 0.3 is 0 Å². The Hall–Kier alpha value is -1.04. The maximum atomic E-state index is 11.7. The number of rotatable bonds is 8. The molecule has 0 aliphatic heterocycles. The van der Waals surface area contributed by atoms with E-state index in [1.165, 1.54) is 6.26 Å². The zero-order valence-corrected chi connectivity index (χ0v) is 12.3. The molecule has 0 aliphatic carbocycles. The van der Waals surface area contributed by atoms with Crippen molar-refractivity contribution in [1.29, 1.82) is 0 Å². The molecule has 0 radical (unpaired) electrons. The van der Waals surface area contributed by atoms with Gasteiger partial charge in [-0.2, -0.15) is 0 Å². The Morgan fingerprint density at radius 1 is 1.53 bits per heavy atom. The minimum atomic E-state index is -0.137. The number of hydrogen-bond donors (Lipinski definition) is 2. The van der Waals surface area contributed by atoms with Crippen molar-refractivity contribution in [2.45, 2.75) is 26.8 Å². The number of nitrogens with one attached hydrogen (secondary N) is 1. The van der Waals surface area contributed by atoms with E-state index in [1.54, 1.807) is 6.07 Å². The van der Waals surface area contributed by atoms with Gasteiger partial charge in [0.25, 0.3) is 5.91 Å². The van der Waals surface area contributed by atoms with Gasteiger partial charge in [0.2, 0.25) is 0 Å². The van der Waals surface area contributed by atoms with Crippen molar-refractivity contribution in [1.82, 2.24) is 5.32 Å². The molecule has 0 aliphatic rings. The van der Waals surface area contributed by atoms with E-state index < -0.39 is 0 Å². The molecule has 0 bridgehead atoms. The molecule has 19 heavy (non-hydrogen) atoms. The molecular weight excluding hydrogens is 268 g/mol. The second kappa shape index (κ2) is 9.83. The second-order valence-corrected chi connectivity index (χ2v) is 4.58. The SMILES string of the molecule is CC(C)COCCCNC(=O)c1coc(CN)c1.Cl. The predicted molar refractivity (Wildman–Crippen MR) is 76.5 cm³/mol. The molecule has 1 aromatic rings. The van der Waals surface area contributed by atoms with Crippen molar-refractivity contribution in [2.24, 2.45) is 11.7 Å². The molecule has 0 spiro atoms. The Kier molecular flexibility index (Phi) is 9.30. The molecule has 1 heterocycles. The fourth-order valence-corrected chi connectivity index (χ4v) is 1.40. The highest BCUT2D eigenvalue weighted by atomic mass is 35.5. The first kappa shape index (κ1) is 18.0. The highest BCUT2D eigenvalue weighted by molar-refractivity contribution is 5.93. The predicted octanol–water partition coefficient (Wildman–Crippen LogP) is 1.95. The van der Waals surface area contributed by atoms with Gasteiger partial charge in [-0.05, 0) is 18.4 Å². The summed E-state index contributed by atoms with van der Waals surface area (Å²) >= 11 is 0. The van der Waals surface area contributed by atoms with E-state index in [2.05, 4.69) is 19.2 Å². The zero-order chi connectivity index (χ0) is 13.4. The fourth-order valence-electron chi connectivity index (χ4n) is 1.40. The van der Waals surface area contributed by atoms with Gasteiger partial charge in [0.1, 0.15) is 12.0 Å². The molecule has 1 aromatic heterocycles.